The quantitative estimate of drug-likeness (QED) is 0.571. The summed E-state index contributed by atoms with van der Waals surface area (Å²) in [7, 11) is 0. The summed E-state index contributed by atoms with van der Waals surface area (Å²) < 4.78 is 10.8. The van der Waals surface area contributed by atoms with Crippen LogP contribution >= 0.6 is 12.2 Å². The summed E-state index contributed by atoms with van der Waals surface area (Å²) in [5, 5.41) is 6.00. The van der Waals surface area contributed by atoms with E-state index >= 15 is 0 Å². The van der Waals surface area contributed by atoms with Crippen molar-refractivity contribution in [3.63, 3.8) is 0 Å². The summed E-state index contributed by atoms with van der Waals surface area (Å²) in [4.78, 5) is 12.4. The topological polar surface area (TPSA) is 59.6 Å². The molecular weight excluding hydrogens is 348 g/mol. The van der Waals surface area contributed by atoms with Crippen molar-refractivity contribution in [1.82, 2.24) is 5.32 Å². The van der Waals surface area contributed by atoms with E-state index in [2.05, 4.69) is 16.7 Å². The fourth-order valence-corrected chi connectivity index (χ4v) is 2.58. The summed E-state index contributed by atoms with van der Waals surface area (Å²) in [6, 6.07) is 12.9. The van der Waals surface area contributed by atoms with Crippen molar-refractivity contribution in [3.8, 4) is 5.75 Å². The highest BCUT2D eigenvalue weighted by atomic mass is 32.1. The molecule has 0 aliphatic rings. The molecule has 0 aromatic heterocycles. The number of carbonyl (C=O) groups excluding carboxylic acids is 1. The Kier molecular flexibility index (Phi) is 7.56. The number of nitrogens with one attached hydrogen (secondary N) is 2. The van der Waals surface area contributed by atoms with E-state index < -0.39 is 0 Å². The van der Waals surface area contributed by atoms with E-state index in [1.165, 1.54) is 5.56 Å². The van der Waals surface area contributed by atoms with Crippen LogP contribution in [-0.4, -0.2) is 30.8 Å². The molecule has 26 heavy (non-hydrogen) atoms. The van der Waals surface area contributed by atoms with E-state index in [1.807, 2.05) is 32.9 Å². The molecule has 0 aliphatic carbocycles. The Morgan fingerprint density at radius 1 is 1.12 bits per heavy atom. The van der Waals surface area contributed by atoms with Gasteiger partial charge in [-0.2, -0.15) is 0 Å². The van der Waals surface area contributed by atoms with E-state index in [9.17, 15) is 4.79 Å². The number of carbonyl (C=O) groups is 1. The number of ether oxygens (including phenoxy) is 2. The number of benzene rings is 2. The molecule has 2 rings (SSSR count). The molecule has 2 N–H and O–H groups in total. The maximum absolute atomic E-state index is 12.4. The van der Waals surface area contributed by atoms with Crippen LogP contribution in [0.25, 0.3) is 0 Å². The number of rotatable bonds is 7. The third-order valence-corrected chi connectivity index (χ3v) is 3.86. The maximum Gasteiger partial charge on any atom is 0.257 e. The Bertz CT molecular complexity index is 777. The molecule has 0 aliphatic heterocycles. The predicted octanol–water partition coefficient (Wildman–Crippen LogP) is 3.85. The second-order valence-corrected chi connectivity index (χ2v) is 6.21. The molecule has 0 saturated carbocycles. The van der Waals surface area contributed by atoms with Gasteiger partial charge in [0.25, 0.3) is 5.91 Å². The first kappa shape index (κ1) is 19.9. The molecule has 2 aromatic carbocycles. The van der Waals surface area contributed by atoms with Gasteiger partial charge in [0.05, 0.1) is 6.61 Å². The van der Waals surface area contributed by atoms with Crippen LogP contribution in [0.4, 0.5) is 5.69 Å². The average molecular weight is 372 g/mol. The number of amides is 1. The molecule has 1 amide bonds. The van der Waals surface area contributed by atoms with Gasteiger partial charge >= 0.3 is 0 Å². The third-order valence-electron chi connectivity index (χ3n) is 3.65. The highest BCUT2D eigenvalue weighted by Gasteiger charge is 2.10. The summed E-state index contributed by atoms with van der Waals surface area (Å²) >= 11 is 5.25. The normalized spacial score (nSPS) is 10.3. The molecule has 2 aromatic rings. The molecule has 5 nitrogen and oxygen atoms in total. The molecule has 0 unspecified atom stereocenters. The largest absolute Gasteiger partial charge is 0.491 e. The van der Waals surface area contributed by atoms with Crippen LogP contribution in [0.2, 0.25) is 0 Å². The Morgan fingerprint density at radius 3 is 2.65 bits per heavy atom. The van der Waals surface area contributed by atoms with Gasteiger partial charge < -0.3 is 14.8 Å². The van der Waals surface area contributed by atoms with Crippen LogP contribution in [0, 0.1) is 13.8 Å². The SMILES string of the molecule is CCOCCOc1cccc(C(=O)NC(=S)Nc2ccc(C)cc2C)c1. The van der Waals surface area contributed by atoms with E-state index in [-0.39, 0.29) is 11.0 Å². The van der Waals surface area contributed by atoms with Gasteiger partial charge in [0.1, 0.15) is 12.4 Å². The van der Waals surface area contributed by atoms with Crippen molar-refractivity contribution in [3.05, 3.63) is 59.2 Å². The molecule has 0 radical (unpaired) electrons. The highest BCUT2D eigenvalue weighted by molar-refractivity contribution is 7.80. The Hall–Kier alpha value is -2.44. The zero-order chi connectivity index (χ0) is 18.9. The molecule has 6 heteroatoms. The van der Waals surface area contributed by atoms with Gasteiger partial charge in [0.2, 0.25) is 0 Å². The van der Waals surface area contributed by atoms with Crippen LogP contribution < -0.4 is 15.4 Å². The molecule has 0 spiro atoms. The Labute approximate surface area is 159 Å². The molecule has 0 saturated heterocycles. The van der Waals surface area contributed by atoms with Crippen LogP contribution in [0.15, 0.2) is 42.5 Å². The fraction of sp³-hybridized carbons (Fsp3) is 0.300. The number of thiocarbonyl (C=S) groups is 1. The lowest BCUT2D eigenvalue weighted by molar-refractivity contribution is 0.0976. The van der Waals surface area contributed by atoms with Gasteiger partial charge in [0, 0.05) is 17.9 Å². The number of aryl methyl sites for hydroxylation is 2. The Morgan fingerprint density at radius 2 is 1.92 bits per heavy atom. The number of anilines is 1. The molecule has 0 heterocycles. The van der Waals surface area contributed by atoms with Crippen molar-refractivity contribution in [1.29, 1.82) is 0 Å². The molecular formula is C20H24N2O3S. The van der Waals surface area contributed by atoms with Crippen molar-refractivity contribution in [2.24, 2.45) is 0 Å². The lowest BCUT2D eigenvalue weighted by Gasteiger charge is -2.13. The number of hydrogen-bond acceptors (Lipinski definition) is 4. The average Bonchev–Trinajstić information content (AvgIpc) is 2.61. The van der Waals surface area contributed by atoms with Gasteiger partial charge in [0.15, 0.2) is 5.11 Å². The van der Waals surface area contributed by atoms with E-state index in [0.29, 0.717) is 31.1 Å². The van der Waals surface area contributed by atoms with Gasteiger partial charge in [-0.15, -0.1) is 0 Å². The van der Waals surface area contributed by atoms with Crippen molar-refractivity contribution in [2.45, 2.75) is 20.8 Å². The first-order valence-electron chi connectivity index (χ1n) is 8.49. The van der Waals surface area contributed by atoms with Crippen LogP contribution in [0.1, 0.15) is 28.4 Å². The van der Waals surface area contributed by atoms with Crippen LogP contribution in [0.3, 0.4) is 0 Å². The van der Waals surface area contributed by atoms with Gasteiger partial charge in [-0.05, 0) is 62.8 Å². The van der Waals surface area contributed by atoms with Gasteiger partial charge in [-0.1, -0.05) is 23.8 Å². The molecule has 138 valence electrons. The predicted molar refractivity (Wildman–Crippen MR) is 108 cm³/mol. The minimum Gasteiger partial charge on any atom is -0.491 e. The van der Waals surface area contributed by atoms with E-state index in [0.717, 1.165) is 11.3 Å². The zero-order valence-electron chi connectivity index (χ0n) is 15.3. The molecule has 0 atom stereocenters. The Balaban J connectivity index is 1.93. The zero-order valence-corrected chi connectivity index (χ0v) is 16.1. The summed E-state index contributed by atoms with van der Waals surface area (Å²) in [5.41, 5.74) is 3.58. The second kappa shape index (κ2) is 9.89. The van der Waals surface area contributed by atoms with Gasteiger partial charge in [-0.25, -0.2) is 0 Å². The third kappa shape index (κ3) is 6.13. The molecule has 0 bridgehead atoms. The summed E-state index contributed by atoms with van der Waals surface area (Å²) in [5.74, 6) is 0.327. The smallest absolute Gasteiger partial charge is 0.257 e. The van der Waals surface area contributed by atoms with Crippen LogP contribution in [0.5, 0.6) is 5.75 Å². The van der Waals surface area contributed by atoms with Crippen molar-refractivity contribution < 1.29 is 14.3 Å². The second-order valence-electron chi connectivity index (χ2n) is 5.80. The lowest BCUT2D eigenvalue weighted by Crippen LogP contribution is -2.34. The standard InChI is InChI=1S/C20H24N2O3S/c1-4-24-10-11-25-17-7-5-6-16(13-17)19(23)22-20(26)21-18-9-8-14(2)12-15(18)3/h5-9,12-13H,4,10-11H2,1-3H3,(H2,21,22,23,26). The highest BCUT2D eigenvalue weighted by Crippen LogP contribution is 2.16. The first-order valence-corrected chi connectivity index (χ1v) is 8.90. The summed E-state index contributed by atoms with van der Waals surface area (Å²) in [6.07, 6.45) is 0. The fourth-order valence-electron chi connectivity index (χ4n) is 2.37. The van der Waals surface area contributed by atoms with E-state index in [4.69, 9.17) is 21.7 Å². The molecule has 0 fully saturated rings. The monoisotopic (exact) mass is 372 g/mol. The maximum atomic E-state index is 12.4. The van der Waals surface area contributed by atoms with Crippen molar-refractivity contribution >= 4 is 28.9 Å². The van der Waals surface area contributed by atoms with E-state index in [1.54, 1.807) is 24.3 Å². The minimum atomic E-state index is -0.289. The summed E-state index contributed by atoms with van der Waals surface area (Å²) in [6.45, 7) is 7.54. The van der Waals surface area contributed by atoms with Crippen molar-refractivity contribution in [2.75, 3.05) is 25.1 Å². The number of hydrogen-bond donors (Lipinski definition) is 2. The van der Waals surface area contributed by atoms with Crippen LogP contribution in [-0.2, 0) is 4.74 Å². The van der Waals surface area contributed by atoms with Gasteiger partial charge in [-0.3, -0.25) is 10.1 Å². The minimum absolute atomic E-state index is 0.254. The first-order chi connectivity index (χ1) is 12.5. The lowest BCUT2D eigenvalue weighted by atomic mass is 10.1.